The predicted octanol–water partition coefficient (Wildman–Crippen LogP) is 4.05. The number of nitrogen functional groups attached to an aromatic ring is 1. The van der Waals surface area contributed by atoms with Gasteiger partial charge in [0.2, 0.25) is 0 Å². The monoisotopic (exact) mass is 443 g/mol. The third kappa shape index (κ3) is 4.52. The van der Waals surface area contributed by atoms with Gasteiger partial charge in [-0.25, -0.2) is 4.98 Å². The second kappa shape index (κ2) is 9.69. The number of rotatable bonds is 6. The number of ether oxygens (including phenoxy) is 1. The first-order valence-corrected chi connectivity index (χ1v) is 11.2. The Bertz CT molecular complexity index is 1190. The number of aliphatic hydroxyl groups excluding tert-OH is 1. The van der Waals surface area contributed by atoms with Crippen LogP contribution in [-0.4, -0.2) is 27.3 Å². The molecule has 0 radical (unpaired) electrons. The van der Waals surface area contributed by atoms with E-state index in [1.165, 1.54) is 11.8 Å². The molecule has 7 nitrogen and oxygen atoms in total. The minimum atomic E-state index is -0.455. The van der Waals surface area contributed by atoms with Gasteiger partial charge in [-0.15, -0.1) is 0 Å². The second-order valence-electron chi connectivity index (χ2n) is 7.44. The first-order chi connectivity index (χ1) is 15.6. The molecule has 0 bridgehead atoms. The SMILES string of the molecule is N#Cc1c(N)nc(SCc2ccccn2)c(C#N)c1-c1ccc(O[C@@H]2CCC[C@H]2O)cc1. The summed E-state index contributed by atoms with van der Waals surface area (Å²) in [5, 5.41) is 30.1. The van der Waals surface area contributed by atoms with Crippen LogP contribution in [0.5, 0.6) is 5.75 Å². The topological polar surface area (TPSA) is 129 Å². The summed E-state index contributed by atoms with van der Waals surface area (Å²) in [5.41, 5.74) is 8.54. The van der Waals surface area contributed by atoms with Crippen LogP contribution >= 0.6 is 11.8 Å². The molecule has 0 aliphatic heterocycles. The molecule has 8 heteroatoms. The van der Waals surface area contributed by atoms with Gasteiger partial charge < -0.3 is 15.6 Å². The fourth-order valence-corrected chi connectivity index (χ4v) is 4.65. The number of pyridine rings is 2. The fraction of sp³-hybridized carbons (Fsp3) is 0.250. The van der Waals surface area contributed by atoms with Crippen LogP contribution < -0.4 is 10.5 Å². The maximum atomic E-state index is 9.99. The molecule has 0 unspecified atom stereocenters. The third-order valence-corrected chi connectivity index (χ3v) is 6.36. The normalized spacial score (nSPS) is 17.5. The van der Waals surface area contributed by atoms with Gasteiger partial charge in [0.05, 0.1) is 17.4 Å². The molecule has 2 atom stereocenters. The van der Waals surface area contributed by atoms with E-state index in [2.05, 4.69) is 22.1 Å². The molecule has 1 aliphatic rings. The summed E-state index contributed by atoms with van der Waals surface area (Å²) >= 11 is 1.35. The standard InChI is InChI=1S/C24H21N5O2S/c25-12-18-22(15-7-9-17(10-8-15)31-21-6-3-5-20(21)30)19(13-26)24(29-23(18)27)32-14-16-4-1-2-11-28-16/h1-2,4,7-11,20-21,30H,3,5-6,14H2,(H2,27,29)/t20-,21-/m1/s1. The Morgan fingerprint density at radius 1 is 1.09 bits per heavy atom. The van der Waals surface area contributed by atoms with E-state index in [0.29, 0.717) is 33.2 Å². The van der Waals surface area contributed by atoms with Gasteiger partial charge in [0.25, 0.3) is 0 Å². The van der Waals surface area contributed by atoms with Gasteiger partial charge in [-0.2, -0.15) is 10.5 Å². The van der Waals surface area contributed by atoms with Gasteiger partial charge in [0, 0.05) is 17.5 Å². The first kappa shape index (κ1) is 21.6. The van der Waals surface area contributed by atoms with Gasteiger partial charge in [-0.1, -0.05) is 30.0 Å². The summed E-state index contributed by atoms with van der Waals surface area (Å²) < 4.78 is 5.90. The lowest BCUT2D eigenvalue weighted by Gasteiger charge is -2.18. The third-order valence-electron chi connectivity index (χ3n) is 5.35. The van der Waals surface area contributed by atoms with Crippen molar-refractivity contribution in [2.24, 2.45) is 0 Å². The maximum Gasteiger partial charge on any atom is 0.143 e. The van der Waals surface area contributed by atoms with E-state index < -0.39 is 6.10 Å². The van der Waals surface area contributed by atoms with Crippen LogP contribution in [0.15, 0.2) is 53.7 Å². The average Bonchev–Trinajstić information content (AvgIpc) is 3.22. The highest BCUT2D eigenvalue weighted by Crippen LogP contribution is 2.37. The lowest BCUT2D eigenvalue weighted by Crippen LogP contribution is -2.25. The van der Waals surface area contributed by atoms with Crippen LogP contribution in [0.2, 0.25) is 0 Å². The molecule has 3 aromatic rings. The van der Waals surface area contributed by atoms with E-state index in [9.17, 15) is 15.6 Å². The molecule has 1 saturated carbocycles. The Kier molecular flexibility index (Phi) is 6.55. The highest BCUT2D eigenvalue weighted by atomic mass is 32.2. The zero-order valence-electron chi connectivity index (χ0n) is 17.2. The van der Waals surface area contributed by atoms with Crippen LogP contribution in [-0.2, 0) is 5.75 Å². The van der Waals surface area contributed by atoms with E-state index in [-0.39, 0.29) is 17.5 Å². The molecule has 1 aromatic carbocycles. The van der Waals surface area contributed by atoms with E-state index in [4.69, 9.17) is 10.5 Å². The van der Waals surface area contributed by atoms with E-state index in [1.54, 1.807) is 30.5 Å². The predicted molar refractivity (Wildman–Crippen MR) is 122 cm³/mol. The number of nitrogens with two attached hydrogens (primary N) is 1. The summed E-state index contributed by atoms with van der Waals surface area (Å²) in [7, 11) is 0. The van der Waals surface area contributed by atoms with Gasteiger partial charge in [0.15, 0.2) is 0 Å². The van der Waals surface area contributed by atoms with Gasteiger partial charge in [-0.05, 0) is 49.1 Å². The van der Waals surface area contributed by atoms with Crippen molar-refractivity contribution >= 4 is 17.6 Å². The number of benzene rings is 1. The number of anilines is 1. The second-order valence-corrected chi connectivity index (χ2v) is 8.40. The van der Waals surface area contributed by atoms with Crippen LogP contribution in [0.1, 0.15) is 36.1 Å². The first-order valence-electron chi connectivity index (χ1n) is 10.2. The number of nitriles is 2. The molecule has 32 heavy (non-hydrogen) atoms. The minimum Gasteiger partial charge on any atom is -0.488 e. The molecular weight excluding hydrogens is 422 g/mol. The highest BCUT2D eigenvalue weighted by molar-refractivity contribution is 7.98. The number of hydrogen-bond donors (Lipinski definition) is 2. The fourth-order valence-electron chi connectivity index (χ4n) is 3.74. The van der Waals surface area contributed by atoms with Crippen molar-refractivity contribution in [1.82, 2.24) is 9.97 Å². The maximum absolute atomic E-state index is 9.99. The largest absolute Gasteiger partial charge is 0.488 e. The molecule has 2 heterocycles. The van der Waals surface area contributed by atoms with Gasteiger partial charge in [-0.3, -0.25) is 4.98 Å². The summed E-state index contributed by atoms with van der Waals surface area (Å²) in [6.45, 7) is 0. The zero-order chi connectivity index (χ0) is 22.5. The van der Waals surface area contributed by atoms with Crippen molar-refractivity contribution in [1.29, 1.82) is 10.5 Å². The molecule has 160 valence electrons. The van der Waals surface area contributed by atoms with E-state index in [1.807, 2.05) is 18.2 Å². The molecule has 0 amide bonds. The zero-order valence-corrected chi connectivity index (χ0v) is 18.0. The Morgan fingerprint density at radius 3 is 2.50 bits per heavy atom. The molecule has 2 aromatic heterocycles. The number of aliphatic hydroxyl groups is 1. The molecule has 1 aliphatic carbocycles. The quantitative estimate of drug-likeness (QED) is 0.546. The lowest BCUT2D eigenvalue weighted by molar-refractivity contribution is 0.0604. The number of aromatic nitrogens is 2. The molecule has 4 rings (SSSR count). The van der Waals surface area contributed by atoms with Gasteiger partial charge in [0.1, 0.15) is 40.4 Å². The molecule has 3 N–H and O–H groups in total. The summed E-state index contributed by atoms with van der Waals surface area (Å²) in [5.74, 6) is 1.23. The minimum absolute atomic E-state index is 0.0828. The number of hydrogen-bond acceptors (Lipinski definition) is 8. The van der Waals surface area contributed by atoms with Crippen molar-refractivity contribution < 1.29 is 9.84 Å². The summed E-state index contributed by atoms with van der Waals surface area (Å²) in [6, 6.07) is 17.1. The molecular formula is C24H21N5O2S. The Morgan fingerprint density at radius 2 is 1.88 bits per heavy atom. The average molecular weight is 444 g/mol. The highest BCUT2D eigenvalue weighted by Gasteiger charge is 2.27. The van der Waals surface area contributed by atoms with Crippen LogP contribution in [0.4, 0.5) is 5.82 Å². The summed E-state index contributed by atoms with van der Waals surface area (Å²) in [4.78, 5) is 8.62. The molecule has 0 saturated heterocycles. The molecule has 1 fully saturated rings. The number of thioether (sulfide) groups is 1. The van der Waals surface area contributed by atoms with Crippen LogP contribution in [0.25, 0.3) is 11.1 Å². The van der Waals surface area contributed by atoms with E-state index >= 15 is 0 Å². The Hall–Kier alpha value is -3.59. The Balaban J connectivity index is 1.67. The van der Waals surface area contributed by atoms with Crippen LogP contribution in [0.3, 0.4) is 0 Å². The van der Waals surface area contributed by atoms with E-state index in [0.717, 1.165) is 25.0 Å². The molecule has 0 spiro atoms. The van der Waals surface area contributed by atoms with Crippen molar-refractivity contribution in [3.8, 4) is 29.0 Å². The van der Waals surface area contributed by atoms with Crippen molar-refractivity contribution in [3.05, 3.63) is 65.5 Å². The van der Waals surface area contributed by atoms with Crippen LogP contribution in [0, 0.1) is 22.7 Å². The lowest BCUT2D eigenvalue weighted by atomic mass is 9.97. The Labute approximate surface area is 190 Å². The smallest absolute Gasteiger partial charge is 0.143 e. The van der Waals surface area contributed by atoms with Gasteiger partial charge >= 0.3 is 0 Å². The van der Waals surface area contributed by atoms with Crippen molar-refractivity contribution in [2.45, 2.75) is 42.2 Å². The summed E-state index contributed by atoms with van der Waals surface area (Å²) in [6.07, 6.45) is 3.55. The van der Waals surface area contributed by atoms with Crippen molar-refractivity contribution in [3.63, 3.8) is 0 Å². The van der Waals surface area contributed by atoms with Crippen molar-refractivity contribution in [2.75, 3.05) is 5.73 Å². The number of nitrogens with zero attached hydrogens (tertiary/aromatic N) is 4.